The second kappa shape index (κ2) is 9.44. The largest absolute Gasteiger partial charge is 0.449 e. The number of benzene rings is 6. The van der Waals surface area contributed by atoms with Gasteiger partial charge in [-0.2, -0.15) is 0 Å². The highest BCUT2D eigenvalue weighted by atomic mass is 16.6. The van der Waals surface area contributed by atoms with E-state index in [0.29, 0.717) is 5.75 Å². The van der Waals surface area contributed by atoms with E-state index >= 15 is 0 Å². The molecule has 0 aliphatic carbocycles. The Bertz CT molecular complexity index is 2470. The average molecular weight is 583 g/mol. The number of nitrogens with zero attached hydrogens (tertiary/aromatic N) is 2. The smallest absolute Gasteiger partial charge is 0.177 e. The van der Waals surface area contributed by atoms with Crippen LogP contribution in [0.5, 0.6) is 23.0 Å². The minimum atomic E-state index is -0.0794. The third kappa shape index (κ3) is 3.95. The fourth-order valence-electron chi connectivity index (χ4n) is 6.83. The zero-order valence-electron chi connectivity index (χ0n) is 25.3. The molecule has 0 spiro atoms. The quantitative estimate of drug-likeness (QED) is 0.190. The molecule has 1 aliphatic rings. The van der Waals surface area contributed by atoms with Gasteiger partial charge in [0.25, 0.3) is 0 Å². The molecule has 2 aromatic heterocycles. The van der Waals surface area contributed by atoms with Crippen LogP contribution >= 0.6 is 0 Å². The van der Waals surface area contributed by atoms with Gasteiger partial charge >= 0.3 is 0 Å². The van der Waals surface area contributed by atoms with Crippen LogP contribution in [0.4, 0.5) is 0 Å². The van der Waals surface area contributed by atoms with Crippen molar-refractivity contribution >= 4 is 38.4 Å². The number of fused-ring (bicyclic) bond motifs is 10. The van der Waals surface area contributed by atoms with Crippen molar-refractivity contribution in [3.05, 3.63) is 133 Å². The summed E-state index contributed by atoms with van der Waals surface area (Å²) in [5.41, 5.74) is 9.65. The highest BCUT2D eigenvalue weighted by molar-refractivity contribution is 6.14. The lowest BCUT2D eigenvalue weighted by atomic mass is 9.81. The SMILES string of the molecule is CC(C)(C)c1cc2c(cc1-c1ccccc1)Oc1c(cccc1-c1ccc3c4ccccc4n4c5ccccc5nc4c3c1)O2. The van der Waals surface area contributed by atoms with E-state index in [1.165, 1.54) is 16.3 Å². The van der Waals surface area contributed by atoms with Crippen molar-refractivity contribution < 1.29 is 9.47 Å². The van der Waals surface area contributed by atoms with Crippen LogP contribution in [0.2, 0.25) is 0 Å². The highest BCUT2D eigenvalue weighted by Crippen LogP contribution is 2.52. The van der Waals surface area contributed by atoms with E-state index in [9.17, 15) is 0 Å². The number of pyridine rings is 1. The first-order chi connectivity index (χ1) is 21.9. The van der Waals surface area contributed by atoms with E-state index < -0.39 is 0 Å². The van der Waals surface area contributed by atoms with E-state index in [1.54, 1.807) is 0 Å². The predicted octanol–water partition coefficient (Wildman–Crippen LogP) is 11.3. The molecule has 4 heteroatoms. The molecule has 216 valence electrons. The summed E-state index contributed by atoms with van der Waals surface area (Å²) in [5.74, 6) is 2.88. The molecule has 8 aromatic rings. The molecule has 3 heterocycles. The standard InChI is InChI=1S/C41H30N2O2/c1-41(2,3)32-24-38-37(23-30(32)25-12-5-4-6-13-25)45-39-27(15-11-19-36(39)44-38)26-20-21-28-29-14-7-9-17-34(29)43-35-18-10-8-16-33(35)42-40(43)31(28)22-26/h4-24H,1-3H3. The first-order valence-corrected chi connectivity index (χ1v) is 15.4. The Labute approximate surface area is 261 Å². The molecule has 0 saturated heterocycles. The molecule has 0 unspecified atom stereocenters. The number of ether oxygens (including phenoxy) is 2. The van der Waals surface area contributed by atoms with Crippen LogP contribution in [0.3, 0.4) is 0 Å². The monoisotopic (exact) mass is 582 g/mol. The van der Waals surface area contributed by atoms with Gasteiger partial charge in [-0.3, -0.25) is 4.40 Å². The first kappa shape index (κ1) is 25.8. The van der Waals surface area contributed by atoms with Crippen molar-refractivity contribution in [2.75, 3.05) is 0 Å². The molecule has 0 atom stereocenters. The van der Waals surface area contributed by atoms with Gasteiger partial charge in [0.15, 0.2) is 23.0 Å². The maximum Gasteiger partial charge on any atom is 0.177 e. The number of hydrogen-bond donors (Lipinski definition) is 0. The second-order valence-electron chi connectivity index (χ2n) is 12.8. The van der Waals surface area contributed by atoms with E-state index in [1.807, 2.05) is 24.3 Å². The van der Waals surface area contributed by atoms with Gasteiger partial charge in [-0.15, -0.1) is 0 Å². The van der Waals surface area contributed by atoms with Gasteiger partial charge in [-0.1, -0.05) is 106 Å². The molecule has 6 aromatic carbocycles. The minimum absolute atomic E-state index is 0.0794. The van der Waals surface area contributed by atoms with Gasteiger partial charge in [0.05, 0.1) is 16.6 Å². The molecule has 0 amide bonds. The fraction of sp³-hybridized carbons (Fsp3) is 0.0976. The van der Waals surface area contributed by atoms with Crippen molar-refractivity contribution in [3.8, 4) is 45.3 Å². The predicted molar refractivity (Wildman–Crippen MR) is 184 cm³/mol. The highest BCUT2D eigenvalue weighted by Gasteiger charge is 2.28. The van der Waals surface area contributed by atoms with Crippen molar-refractivity contribution in [2.24, 2.45) is 0 Å². The summed E-state index contributed by atoms with van der Waals surface area (Å²) in [7, 11) is 0. The van der Waals surface area contributed by atoms with Crippen LogP contribution in [0.1, 0.15) is 26.3 Å². The fourth-order valence-corrected chi connectivity index (χ4v) is 6.83. The first-order valence-electron chi connectivity index (χ1n) is 15.4. The van der Waals surface area contributed by atoms with Crippen molar-refractivity contribution in [2.45, 2.75) is 26.2 Å². The zero-order valence-corrected chi connectivity index (χ0v) is 25.3. The van der Waals surface area contributed by atoms with Crippen molar-refractivity contribution in [1.29, 1.82) is 0 Å². The van der Waals surface area contributed by atoms with Crippen molar-refractivity contribution in [3.63, 3.8) is 0 Å². The Hall–Kier alpha value is -5.61. The summed E-state index contributed by atoms with van der Waals surface area (Å²) < 4.78 is 15.6. The van der Waals surface area contributed by atoms with Gasteiger partial charge in [-0.25, -0.2) is 4.98 Å². The van der Waals surface area contributed by atoms with E-state index in [-0.39, 0.29) is 5.41 Å². The summed E-state index contributed by atoms with van der Waals surface area (Å²) in [4.78, 5) is 5.12. The Morgan fingerprint density at radius 2 is 1.29 bits per heavy atom. The molecule has 1 aliphatic heterocycles. The molecule has 0 bridgehead atoms. The third-order valence-corrected chi connectivity index (χ3v) is 8.95. The van der Waals surface area contributed by atoms with Crippen LogP contribution in [0.25, 0.3) is 60.6 Å². The minimum Gasteiger partial charge on any atom is -0.449 e. The summed E-state index contributed by atoms with van der Waals surface area (Å²) in [6, 6.07) is 44.5. The Morgan fingerprint density at radius 1 is 0.533 bits per heavy atom. The number of rotatable bonds is 2. The molecular formula is C41H30N2O2. The molecule has 9 rings (SSSR count). The van der Waals surface area contributed by atoms with Crippen LogP contribution in [-0.4, -0.2) is 9.38 Å². The Kier molecular flexibility index (Phi) is 5.42. The maximum atomic E-state index is 6.76. The third-order valence-electron chi connectivity index (χ3n) is 8.95. The van der Waals surface area contributed by atoms with Crippen molar-refractivity contribution in [1.82, 2.24) is 9.38 Å². The summed E-state index contributed by atoms with van der Waals surface area (Å²) in [6.45, 7) is 6.71. The van der Waals surface area contributed by atoms with Crippen LogP contribution in [-0.2, 0) is 5.41 Å². The number of aromatic nitrogens is 2. The molecule has 45 heavy (non-hydrogen) atoms. The van der Waals surface area contributed by atoms with Crippen LogP contribution in [0, 0.1) is 0 Å². The summed E-state index contributed by atoms with van der Waals surface area (Å²) in [5, 5.41) is 3.46. The Morgan fingerprint density at radius 3 is 2.13 bits per heavy atom. The van der Waals surface area contributed by atoms with Gasteiger partial charge in [0, 0.05) is 16.3 Å². The molecule has 0 saturated carbocycles. The van der Waals surface area contributed by atoms with E-state index in [4.69, 9.17) is 14.5 Å². The lowest BCUT2D eigenvalue weighted by molar-refractivity contribution is 0.359. The average Bonchev–Trinajstić information content (AvgIpc) is 3.47. The van der Waals surface area contributed by atoms with Crippen LogP contribution in [0.15, 0.2) is 127 Å². The van der Waals surface area contributed by atoms with Gasteiger partial charge < -0.3 is 9.47 Å². The van der Waals surface area contributed by atoms with Crippen LogP contribution < -0.4 is 9.47 Å². The van der Waals surface area contributed by atoms with Gasteiger partial charge in [0.1, 0.15) is 5.65 Å². The molecular weight excluding hydrogens is 552 g/mol. The molecule has 0 radical (unpaired) electrons. The topological polar surface area (TPSA) is 35.8 Å². The molecule has 0 N–H and O–H groups in total. The number of para-hydroxylation sites is 4. The summed E-state index contributed by atoms with van der Waals surface area (Å²) in [6.07, 6.45) is 0. The van der Waals surface area contributed by atoms with Gasteiger partial charge in [0.2, 0.25) is 0 Å². The van der Waals surface area contributed by atoms with E-state index in [2.05, 4.69) is 128 Å². The number of hydrogen-bond acceptors (Lipinski definition) is 3. The zero-order chi connectivity index (χ0) is 30.3. The number of imidazole rings is 1. The second-order valence-corrected chi connectivity index (χ2v) is 12.8. The maximum absolute atomic E-state index is 6.76. The normalized spacial score (nSPS) is 12.7. The lowest BCUT2D eigenvalue weighted by Crippen LogP contribution is -2.14. The lowest BCUT2D eigenvalue weighted by Gasteiger charge is -2.28. The Balaban J connectivity index is 1.24. The molecule has 0 fully saturated rings. The molecule has 4 nitrogen and oxygen atoms in total. The van der Waals surface area contributed by atoms with E-state index in [0.717, 1.165) is 67.1 Å². The summed E-state index contributed by atoms with van der Waals surface area (Å²) >= 11 is 0. The van der Waals surface area contributed by atoms with Gasteiger partial charge in [-0.05, 0) is 75.5 Å².